The van der Waals surface area contributed by atoms with E-state index in [1.807, 2.05) is 14.1 Å². The van der Waals surface area contributed by atoms with Gasteiger partial charge in [-0.2, -0.15) is 0 Å². The third-order valence-corrected chi connectivity index (χ3v) is 7.27. The highest BCUT2D eigenvalue weighted by atomic mass is 32.2. The second-order valence-electron chi connectivity index (χ2n) is 7.03. The highest BCUT2D eigenvalue weighted by molar-refractivity contribution is 7.91. The summed E-state index contributed by atoms with van der Waals surface area (Å²) in [6.45, 7) is 0. The lowest BCUT2D eigenvalue weighted by Gasteiger charge is -2.45. The van der Waals surface area contributed by atoms with Crippen molar-refractivity contribution in [1.82, 2.24) is 4.90 Å². The van der Waals surface area contributed by atoms with Crippen LogP contribution < -0.4 is 0 Å². The van der Waals surface area contributed by atoms with Crippen LogP contribution in [0, 0.1) is 5.92 Å². The summed E-state index contributed by atoms with van der Waals surface area (Å²) < 4.78 is 23.6. The van der Waals surface area contributed by atoms with Gasteiger partial charge in [0, 0.05) is 11.8 Å². The first-order valence-corrected chi connectivity index (χ1v) is 9.77. The fraction of sp³-hybridized carbons (Fsp3) is 1.00. The Morgan fingerprint density at radius 1 is 1.15 bits per heavy atom. The van der Waals surface area contributed by atoms with Crippen LogP contribution in [-0.4, -0.2) is 55.7 Å². The Bertz CT molecular complexity index is 426. The first kappa shape index (κ1) is 16.2. The van der Waals surface area contributed by atoms with Crippen LogP contribution >= 0.6 is 0 Å². The molecule has 0 saturated heterocycles. The summed E-state index contributed by atoms with van der Waals surface area (Å²) in [6.07, 6.45) is 8.60. The van der Waals surface area contributed by atoms with Gasteiger partial charge in [0.05, 0.1) is 11.4 Å². The van der Waals surface area contributed by atoms with E-state index in [-0.39, 0.29) is 16.7 Å². The van der Waals surface area contributed by atoms with Crippen molar-refractivity contribution >= 4 is 9.84 Å². The summed E-state index contributed by atoms with van der Waals surface area (Å²) in [5.41, 5.74) is -0.135. The Hall–Kier alpha value is -0.130. The molecule has 0 aromatic carbocycles. The van der Waals surface area contributed by atoms with Gasteiger partial charge in [-0.1, -0.05) is 19.3 Å². The van der Waals surface area contributed by atoms with E-state index in [0.717, 1.165) is 44.9 Å². The summed E-state index contributed by atoms with van der Waals surface area (Å²) in [4.78, 5) is 2.18. The van der Waals surface area contributed by atoms with Gasteiger partial charge < -0.3 is 10.0 Å². The van der Waals surface area contributed by atoms with E-state index in [9.17, 15) is 13.5 Å². The molecule has 0 aromatic rings. The number of sulfone groups is 1. The molecule has 5 heteroatoms. The normalized spacial score (nSPS) is 32.5. The maximum absolute atomic E-state index is 11.8. The first-order chi connectivity index (χ1) is 9.27. The lowest BCUT2D eigenvalue weighted by molar-refractivity contribution is -0.0471. The maximum atomic E-state index is 11.8. The van der Waals surface area contributed by atoms with Gasteiger partial charge in [0.2, 0.25) is 0 Å². The fourth-order valence-corrected chi connectivity index (χ4v) is 5.48. The minimum absolute atomic E-state index is 0.129. The second kappa shape index (κ2) is 5.93. The maximum Gasteiger partial charge on any atom is 0.150 e. The van der Waals surface area contributed by atoms with Crippen LogP contribution in [0.4, 0.5) is 0 Å². The van der Waals surface area contributed by atoms with Crippen LogP contribution in [0.25, 0.3) is 0 Å². The molecule has 2 aliphatic carbocycles. The number of aliphatic hydroxyl groups excluding tert-OH is 1. The Labute approximate surface area is 123 Å². The van der Waals surface area contributed by atoms with Crippen molar-refractivity contribution in [3.8, 4) is 0 Å². The van der Waals surface area contributed by atoms with Gasteiger partial charge in [-0.25, -0.2) is 8.42 Å². The van der Waals surface area contributed by atoms with E-state index in [1.165, 1.54) is 6.26 Å². The number of hydrogen-bond donors (Lipinski definition) is 1. The number of aliphatic hydroxyl groups is 1. The topological polar surface area (TPSA) is 57.6 Å². The van der Waals surface area contributed by atoms with Gasteiger partial charge in [0.15, 0.2) is 0 Å². The molecule has 2 fully saturated rings. The molecule has 2 rings (SSSR count). The molecular formula is C15H29NO3S. The van der Waals surface area contributed by atoms with Crippen molar-refractivity contribution in [2.24, 2.45) is 5.92 Å². The smallest absolute Gasteiger partial charge is 0.150 e. The van der Waals surface area contributed by atoms with Gasteiger partial charge in [-0.05, 0) is 52.1 Å². The molecular weight excluding hydrogens is 274 g/mol. The van der Waals surface area contributed by atoms with Crippen LogP contribution in [0.1, 0.15) is 51.4 Å². The Morgan fingerprint density at radius 2 is 1.75 bits per heavy atom. The Balaban J connectivity index is 2.13. The van der Waals surface area contributed by atoms with Gasteiger partial charge in [-0.15, -0.1) is 0 Å². The zero-order valence-electron chi connectivity index (χ0n) is 13.0. The molecule has 2 aliphatic rings. The monoisotopic (exact) mass is 303 g/mol. The zero-order valence-corrected chi connectivity index (χ0v) is 13.8. The van der Waals surface area contributed by atoms with Crippen LogP contribution in [0.5, 0.6) is 0 Å². The molecule has 1 N–H and O–H groups in total. The lowest BCUT2D eigenvalue weighted by atomic mass is 9.75. The molecule has 0 radical (unpaired) electrons. The minimum atomic E-state index is -2.98. The predicted octanol–water partition coefficient (Wildman–Crippen LogP) is 1.83. The molecule has 0 amide bonds. The molecule has 0 spiro atoms. The van der Waals surface area contributed by atoms with Crippen molar-refractivity contribution in [1.29, 1.82) is 0 Å². The predicted molar refractivity (Wildman–Crippen MR) is 81.5 cm³/mol. The molecule has 20 heavy (non-hydrogen) atoms. The quantitative estimate of drug-likeness (QED) is 0.861. The van der Waals surface area contributed by atoms with Crippen molar-refractivity contribution in [3.05, 3.63) is 0 Å². The minimum Gasteiger partial charge on any atom is -0.391 e. The number of rotatable bonds is 4. The second-order valence-corrected chi connectivity index (χ2v) is 9.35. The summed E-state index contributed by atoms with van der Waals surface area (Å²) in [7, 11) is 1.11. The van der Waals surface area contributed by atoms with Crippen LogP contribution in [-0.2, 0) is 9.84 Å². The Morgan fingerprint density at radius 3 is 2.25 bits per heavy atom. The van der Waals surface area contributed by atoms with Crippen LogP contribution in [0.3, 0.4) is 0 Å². The number of hydrogen-bond acceptors (Lipinski definition) is 4. The Kier molecular flexibility index (Phi) is 4.82. The third kappa shape index (κ3) is 3.04. The van der Waals surface area contributed by atoms with Crippen LogP contribution in [0.2, 0.25) is 0 Å². The van der Waals surface area contributed by atoms with Gasteiger partial charge >= 0.3 is 0 Å². The first-order valence-electron chi connectivity index (χ1n) is 7.82. The van der Waals surface area contributed by atoms with E-state index < -0.39 is 15.9 Å². The zero-order chi connectivity index (χ0) is 15.0. The molecule has 4 nitrogen and oxygen atoms in total. The molecule has 3 atom stereocenters. The fourth-order valence-electron chi connectivity index (χ4n) is 4.29. The van der Waals surface area contributed by atoms with E-state index in [0.29, 0.717) is 6.42 Å². The molecule has 3 unspecified atom stereocenters. The molecule has 0 aromatic heterocycles. The lowest BCUT2D eigenvalue weighted by Crippen LogP contribution is -2.55. The van der Waals surface area contributed by atoms with Crippen molar-refractivity contribution in [3.63, 3.8) is 0 Å². The van der Waals surface area contributed by atoms with E-state index in [4.69, 9.17) is 0 Å². The number of likely N-dealkylation sites (N-methyl/N-ethyl adjacent to an activating group) is 1. The van der Waals surface area contributed by atoms with Crippen molar-refractivity contribution in [2.75, 3.05) is 20.4 Å². The highest BCUT2D eigenvalue weighted by Crippen LogP contribution is 2.43. The average Bonchev–Trinajstić information content (AvgIpc) is 2.87. The average molecular weight is 303 g/mol. The van der Waals surface area contributed by atoms with Gasteiger partial charge in [-0.3, -0.25) is 0 Å². The van der Waals surface area contributed by atoms with Gasteiger partial charge in [0.25, 0.3) is 0 Å². The van der Waals surface area contributed by atoms with Gasteiger partial charge in [0.1, 0.15) is 9.84 Å². The third-order valence-electron chi connectivity index (χ3n) is 5.63. The summed E-state index contributed by atoms with van der Waals surface area (Å²) in [5, 5.41) is 10.7. The highest BCUT2D eigenvalue weighted by Gasteiger charge is 2.47. The molecule has 2 saturated carbocycles. The standard InChI is InChI=1S/C15H29NO3S/c1-16(2)15(9-4-5-10-15)14(17)12-7-6-8-13(11-12)20(3,18)19/h12-14,17H,4-11H2,1-3H3. The molecule has 118 valence electrons. The molecule has 0 bridgehead atoms. The molecule has 0 heterocycles. The van der Waals surface area contributed by atoms with Crippen LogP contribution in [0.15, 0.2) is 0 Å². The van der Waals surface area contributed by atoms with E-state index in [1.54, 1.807) is 0 Å². The summed E-state index contributed by atoms with van der Waals surface area (Å²) in [6, 6.07) is 0. The largest absolute Gasteiger partial charge is 0.391 e. The van der Waals surface area contributed by atoms with E-state index in [2.05, 4.69) is 4.90 Å². The number of nitrogens with zero attached hydrogens (tertiary/aromatic N) is 1. The summed E-state index contributed by atoms with van der Waals surface area (Å²) >= 11 is 0. The van der Waals surface area contributed by atoms with Crippen molar-refractivity contribution < 1.29 is 13.5 Å². The SMILES string of the molecule is CN(C)C1(C(O)C2CCCC(S(C)(=O)=O)C2)CCCC1. The summed E-state index contributed by atoms with van der Waals surface area (Å²) in [5.74, 6) is 0.129. The molecule has 0 aliphatic heterocycles. The van der Waals surface area contributed by atoms with Crippen molar-refractivity contribution in [2.45, 2.75) is 68.3 Å². The van der Waals surface area contributed by atoms with E-state index >= 15 is 0 Å².